The van der Waals surface area contributed by atoms with Gasteiger partial charge in [0.05, 0.1) is 19.3 Å². The van der Waals surface area contributed by atoms with Crippen molar-refractivity contribution < 1.29 is 28.6 Å². The lowest BCUT2D eigenvalue weighted by Gasteiger charge is -2.24. The summed E-state index contributed by atoms with van der Waals surface area (Å²) in [4.78, 5) is 36.5. The molecule has 1 aliphatic carbocycles. The number of esters is 1. The van der Waals surface area contributed by atoms with Crippen molar-refractivity contribution in [2.75, 3.05) is 26.9 Å². The molecule has 0 bridgehead atoms. The Bertz CT molecular complexity index is 968. The second-order valence-electron chi connectivity index (χ2n) is 8.74. The third-order valence-corrected chi connectivity index (χ3v) is 5.27. The number of amides is 2. The molecule has 0 saturated carbocycles. The van der Waals surface area contributed by atoms with Crippen LogP contribution < -0.4 is 10.6 Å². The van der Waals surface area contributed by atoms with Crippen molar-refractivity contribution in [3.63, 3.8) is 0 Å². The molecule has 0 unspecified atom stereocenters. The molecular weight excluding hydrogens is 424 g/mol. The molecule has 1 aliphatic rings. The predicted octanol–water partition coefficient (Wildman–Crippen LogP) is 3.00. The molecule has 3 rings (SSSR count). The molecule has 8 heteroatoms. The zero-order valence-electron chi connectivity index (χ0n) is 19.3. The third-order valence-electron chi connectivity index (χ3n) is 5.27. The average molecular weight is 455 g/mol. The number of ether oxygens (including phenoxy) is 3. The minimum Gasteiger partial charge on any atom is -0.468 e. The lowest BCUT2D eigenvalue weighted by Crippen LogP contribution is -2.51. The highest BCUT2D eigenvalue weighted by atomic mass is 16.6. The van der Waals surface area contributed by atoms with Crippen LogP contribution in [0, 0.1) is 0 Å². The van der Waals surface area contributed by atoms with Crippen LogP contribution in [0.15, 0.2) is 48.5 Å². The molecule has 8 nitrogen and oxygen atoms in total. The van der Waals surface area contributed by atoms with E-state index in [-0.39, 0.29) is 25.7 Å². The van der Waals surface area contributed by atoms with Gasteiger partial charge >= 0.3 is 12.1 Å². The first-order valence-corrected chi connectivity index (χ1v) is 10.8. The molecular formula is C25H30N2O6. The Hall–Kier alpha value is -3.39. The van der Waals surface area contributed by atoms with Crippen LogP contribution in [0.2, 0.25) is 0 Å². The van der Waals surface area contributed by atoms with Gasteiger partial charge in [0, 0.05) is 5.92 Å². The Kier molecular flexibility index (Phi) is 7.71. The number of methoxy groups -OCH3 is 1. The second-order valence-corrected chi connectivity index (χ2v) is 8.74. The Morgan fingerprint density at radius 3 is 2.09 bits per heavy atom. The number of benzene rings is 2. The molecule has 2 amide bonds. The summed E-state index contributed by atoms with van der Waals surface area (Å²) in [6.45, 7) is 5.24. The topological polar surface area (TPSA) is 103 Å². The van der Waals surface area contributed by atoms with Crippen LogP contribution in [0.4, 0.5) is 4.79 Å². The normalized spacial score (nSPS) is 13.5. The Morgan fingerprint density at radius 2 is 1.55 bits per heavy atom. The average Bonchev–Trinajstić information content (AvgIpc) is 3.11. The smallest absolute Gasteiger partial charge is 0.407 e. The number of rotatable bonds is 8. The van der Waals surface area contributed by atoms with E-state index >= 15 is 0 Å². The molecule has 33 heavy (non-hydrogen) atoms. The monoisotopic (exact) mass is 454 g/mol. The molecule has 2 N–H and O–H groups in total. The lowest BCUT2D eigenvalue weighted by atomic mass is 9.98. The number of fused-ring (bicyclic) bond motifs is 3. The molecule has 0 heterocycles. The first kappa shape index (κ1) is 24.3. The van der Waals surface area contributed by atoms with Gasteiger partial charge < -0.3 is 24.8 Å². The minimum atomic E-state index is -1.04. The van der Waals surface area contributed by atoms with Crippen molar-refractivity contribution in [3.8, 4) is 11.1 Å². The Labute approximate surface area is 193 Å². The number of carbonyl (C=O) groups is 3. The first-order valence-electron chi connectivity index (χ1n) is 10.8. The van der Waals surface area contributed by atoms with Gasteiger partial charge in [-0.05, 0) is 43.0 Å². The van der Waals surface area contributed by atoms with E-state index < -0.39 is 29.6 Å². The van der Waals surface area contributed by atoms with Gasteiger partial charge in [-0.15, -0.1) is 0 Å². The van der Waals surface area contributed by atoms with Crippen LogP contribution in [0.1, 0.15) is 37.8 Å². The minimum absolute atomic E-state index is 0.0826. The van der Waals surface area contributed by atoms with Gasteiger partial charge in [0.25, 0.3) is 0 Å². The van der Waals surface area contributed by atoms with Crippen LogP contribution >= 0.6 is 0 Å². The van der Waals surface area contributed by atoms with Crippen molar-refractivity contribution in [1.82, 2.24) is 10.6 Å². The van der Waals surface area contributed by atoms with Gasteiger partial charge in [-0.2, -0.15) is 0 Å². The number of nitrogens with one attached hydrogen (secondary N) is 2. The maximum Gasteiger partial charge on any atom is 0.407 e. The fourth-order valence-corrected chi connectivity index (χ4v) is 3.65. The standard InChI is InChI=1S/C25H30N2O6/c1-25(2,3)33-15-21(23(29)26-13-22(28)31-4)27-24(30)32-14-20-18-11-7-5-9-16(18)17-10-6-8-12-19(17)20/h5-12,20-21H,13-15H2,1-4H3,(H,26,29)(H,27,30)/t21-/m0/s1. The van der Waals surface area contributed by atoms with Gasteiger partial charge in [0.15, 0.2) is 0 Å². The highest BCUT2D eigenvalue weighted by Crippen LogP contribution is 2.44. The molecule has 0 saturated heterocycles. The number of carbonyl (C=O) groups excluding carboxylic acids is 3. The van der Waals surface area contributed by atoms with Gasteiger partial charge in [-0.1, -0.05) is 48.5 Å². The van der Waals surface area contributed by atoms with Gasteiger partial charge in [-0.3, -0.25) is 9.59 Å². The fourth-order valence-electron chi connectivity index (χ4n) is 3.65. The van der Waals surface area contributed by atoms with E-state index in [0.717, 1.165) is 22.3 Å². The van der Waals surface area contributed by atoms with Crippen molar-refractivity contribution in [1.29, 1.82) is 0 Å². The lowest BCUT2D eigenvalue weighted by molar-refractivity contribution is -0.141. The van der Waals surface area contributed by atoms with Crippen molar-refractivity contribution in [2.45, 2.75) is 38.3 Å². The van der Waals surface area contributed by atoms with Crippen LogP contribution in [0.3, 0.4) is 0 Å². The summed E-state index contributed by atoms with van der Waals surface area (Å²) >= 11 is 0. The molecule has 1 atom stereocenters. The van der Waals surface area contributed by atoms with Crippen LogP contribution in [0.25, 0.3) is 11.1 Å². The summed E-state index contributed by atoms with van der Waals surface area (Å²) in [6, 6.07) is 15.0. The van der Waals surface area contributed by atoms with Gasteiger partial charge in [0.2, 0.25) is 5.91 Å². The summed E-state index contributed by atoms with van der Waals surface area (Å²) in [5, 5.41) is 4.99. The van der Waals surface area contributed by atoms with Crippen molar-refractivity contribution in [3.05, 3.63) is 59.7 Å². The molecule has 0 aliphatic heterocycles. The van der Waals surface area contributed by atoms with Gasteiger partial charge in [0.1, 0.15) is 19.2 Å². The number of hydrogen-bond acceptors (Lipinski definition) is 6. The summed E-state index contributed by atoms with van der Waals surface area (Å²) < 4.78 is 15.7. The second kappa shape index (κ2) is 10.5. The zero-order valence-corrected chi connectivity index (χ0v) is 19.3. The number of hydrogen-bond donors (Lipinski definition) is 2. The van der Waals surface area contributed by atoms with E-state index in [1.165, 1.54) is 7.11 Å². The molecule has 176 valence electrons. The van der Waals surface area contributed by atoms with E-state index in [1.54, 1.807) is 0 Å². The maximum absolute atomic E-state index is 12.6. The number of alkyl carbamates (subject to hydrolysis) is 1. The maximum atomic E-state index is 12.6. The highest BCUT2D eigenvalue weighted by molar-refractivity contribution is 5.88. The summed E-state index contributed by atoms with van der Waals surface area (Å²) in [6.07, 6.45) is -0.743. The van der Waals surface area contributed by atoms with Crippen molar-refractivity contribution in [2.24, 2.45) is 0 Å². The molecule has 0 aromatic heterocycles. The van der Waals surface area contributed by atoms with Crippen molar-refractivity contribution >= 4 is 18.0 Å². The molecule has 0 spiro atoms. The quantitative estimate of drug-likeness (QED) is 0.595. The highest BCUT2D eigenvalue weighted by Gasteiger charge is 2.30. The predicted molar refractivity (Wildman–Crippen MR) is 123 cm³/mol. The van der Waals surface area contributed by atoms with E-state index in [2.05, 4.69) is 27.5 Å². The molecule has 0 radical (unpaired) electrons. The molecule has 0 fully saturated rings. The Morgan fingerprint density at radius 1 is 0.970 bits per heavy atom. The third kappa shape index (κ3) is 6.32. The molecule has 2 aromatic carbocycles. The Balaban J connectivity index is 1.65. The van der Waals surface area contributed by atoms with E-state index in [1.807, 2.05) is 57.2 Å². The molecule has 2 aromatic rings. The largest absolute Gasteiger partial charge is 0.468 e. The summed E-state index contributed by atoms with van der Waals surface area (Å²) in [7, 11) is 1.23. The van der Waals surface area contributed by atoms with E-state index in [0.29, 0.717) is 0 Å². The first-order chi connectivity index (χ1) is 15.7. The summed E-state index contributed by atoms with van der Waals surface area (Å²) in [5.74, 6) is -1.27. The fraction of sp³-hybridized carbons (Fsp3) is 0.400. The van der Waals surface area contributed by atoms with Crippen LogP contribution in [0.5, 0.6) is 0 Å². The SMILES string of the molecule is COC(=O)CNC(=O)[C@H](COC(C)(C)C)NC(=O)OCC1c2ccccc2-c2ccccc21. The van der Waals surface area contributed by atoms with Crippen LogP contribution in [-0.2, 0) is 23.8 Å². The van der Waals surface area contributed by atoms with Gasteiger partial charge in [-0.25, -0.2) is 4.79 Å². The van der Waals surface area contributed by atoms with Crippen LogP contribution in [-0.4, -0.2) is 56.5 Å². The summed E-state index contributed by atoms with van der Waals surface area (Å²) in [5.41, 5.74) is 3.91. The van der Waals surface area contributed by atoms with E-state index in [4.69, 9.17) is 9.47 Å². The zero-order chi connectivity index (χ0) is 24.0. The van der Waals surface area contributed by atoms with E-state index in [9.17, 15) is 14.4 Å².